The van der Waals surface area contributed by atoms with Gasteiger partial charge in [0.15, 0.2) is 0 Å². The molecule has 1 aromatic heterocycles. The van der Waals surface area contributed by atoms with Crippen molar-refractivity contribution in [2.75, 3.05) is 6.54 Å². The molecule has 2 atom stereocenters. The van der Waals surface area contributed by atoms with Crippen LogP contribution >= 0.6 is 0 Å². The standard InChI is InChI=1S/C15H25N3O/c1-11(2)7-13(9-16)8-15(19)18-12(3)14-5-4-6-17-10-14/h4-6,10-13H,7-9,16H2,1-3H3,(H,18,19)/t12-,13+/m1/s1. The summed E-state index contributed by atoms with van der Waals surface area (Å²) in [5.74, 6) is 0.894. The van der Waals surface area contributed by atoms with Gasteiger partial charge in [-0.05, 0) is 43.4 Å². The SMILES string of the molecule is CC(C)C[C@H](CN)CC(=O)N[C@H](C)c1cccnc1. The Hall–Kier alpha value is -1.42. The van der Waals surface area contributed by atoms with Crippen LogP contribution in [-0.4, -0.2) is 17.4 Å². The van der Waals surface area contributed by atoms with Crippen molar-refractivity contribution < 1.29 is 4.79 Å². The summed E-state index contributed by atoms with van der Waals surface area (Å²) in [5.41, 5.74) is 6.74. The fourth-order valence-electron chi connectivity index (χ4n) is 2.21. The Labute approximate surface area is 115 Å². The third-order valence-electron chi connectivity index (χ3n) is 3.17. The van der Waals surface area contributed by atoms with E-state index in [1.807, 2.05) is 19.1 Å². The summed E-state index contributed by atoms with van der Waals surface area (Å²) in [7, 11) is 0. The Balaban J connectivity index is 2.46. The van der Waals surface area contributed by atoms with Crippen molar-refractivity contribution in [1.29, 1.82) is 0 Å². The number of nitrogens with zero attached hydrogens (tertiary/aromatic N) is 1. The van der Waals surface area contributed by atoms with Crippen LogP contribution < -0.4 is 11.1 Å². The maximum Gasteiger partial charge on any atom is 0.220 e. The van der Waals surface area contributed by atoms with E-state index in [2.05, 4.69) is 24.1 Å². The predicted octanol–water partition coefficient (Wildman–Crippen LogP) is 2.27. The summed E-state index contributed by atoms with van der Waals surface area (Å²) in [6.07, 6.45) is 5.00. The molecule has 4 heteroatoms. The van der Waals surface area contributed by atoms with Crippen molar-refractivity contribution in [3.05, 3.63) is 30.1 Å². The lowest BCUT2D eigenvalue weighted by molar-refractivity contribution is -0.122. The first-order valence-corrected chi connectivity index (χ1v) is 6.92. The first kappa shape index (κ1) is 15.6. The summed E-state index contributed by atoms with van der Waals surface area (Å²) < 4.78 is 0. The zero-order valence-corrected chi connectivity index (χ0v) is 12.1. The quantitative estimate of drug-likeness (QED) is 0.793. The predicted molar refractivity (Wildman–Crippen MR) is 77.4 cm³/mol. The molecule has 1 heterocycles. The molecule has 1 amide bonds. The highest BCUT2D eigenvalue weighted by Crippen LogP contribution is 2.16. The summed E-state index contributed by atoms with van der Waals surface area (Å²) in [6.45, 7) is 6.83. The number of amides is 1. The summed E-state index contributed by atoms with van der Waals surface area (Å²) in [4.78, 5) is 16.0. The lowest BCUT2D eigenvalue weighted by atomic mass is 9.94. The molecular formula is C15H25N3O. The van der Waals surface area contributed by atoms with E-state index in [4.69, 9.17) is 5.73 Å². The Morgan fingerprint density at radius 2 is 2.16 bits per heavy atom. The number of carbonyl (C=O) groups is 1. The molecule has 3 N–H and O–H groups in total. The number of rotatable bonds is 7. The average Bonchev–Trinajstić information content (AvgIpc) is 2.38. The van der Waals surface area contributed by atoms with Crippen molar-refractivity contribution in [3.8, 4) is 0 Å². The molecule has 0 aliphatic rings. The van der Waals surface area contributed by atoms with Gasteiger partial charge in [0.1, 0.15) is 0 Å². The van der Waals surface area contributed by atoms with Crippen LogP contribution in [0, 0.1) is 11.8 Å². The second-order valence-corrected chi connectivity index (χ2v) is 5.51. The minimum atomic E-state index is -0.0151. The minimum absolute atomic E-state index is 0.0151. The third kappa shape index (κ3) is 5.83. The van der Waals surface area contributed by atoms with E-state index < -0.39 is 0 Å². The molecule has 0 aliphatic carbocycles. The van der Waals surface area contributed by atoms with Gasteiger partial charge in [0.25, 0.3) is 0 Å². The van der Waals surface area contributed by atoms with Crippen LogP contribution in [0.1, 0.15) is 45.2 Å². The Morgan fingerprint density at radius 3 is 2.68 bits per heavy atom. The molecule has 0 fully saturated rings. The van der Waals surface area contributed by atoms with E-state index in [9.17, 15) is 4.79 Å². The van der Waals surface area contributed by atoms with E-state index in [0.29, 0.717) is 18.9 Å². The van der Waals surface area contributed by atoms with Crippen LogP contribution in [0.5, 0.6) is 0 Å². The minimum Gasteiger partial charge on any atom is -0.350 e. The number of aromatic nitrogens is 1. The van der Waals surface area contributed by atoms with Crippen LogP contribution in [-0.2, 0) is 4.79 Å². The Kier molecular flexibility index (Phi) is 6.50. The van der Waals surface area contributed by atoms with Gasteiger partial charge in [-0.2, -0.15) is 0 Å². The zero-order valence-electron chi connectivity index (χ0n) is 12.1. The highest BCUT2D eigenvalue weighted by Gasteiger charge is 2.16. The van der Waals surface area contributed by atoms with E-state index in [1.54, 1.807) is 12.4 Å². The van der Waals surface area contributed by atoms with Crippen molar-refractivity contribution >= 4 is 5.91 Å². The second kappa shape index (κ2) is 7.89. The van der Waals surface area contributed by atoms with E-state index in [-0.39, 0.29) is 17.9 Å². The highest BCUT2D eigenvalue weighted by atomic mass is 16.1. The van der Waals surface area contributed by atoms with Gasteiger partial charge in [-0.15, -0.1) is 0 Å². The number of carbonyl (C=O) groups excluding carboxylic acids is 1. The number of pyridine rings is 1. The molecule has 0 aromatic carbocycles. The molecule has 0 saturated heterocycles. The first-order chi connectivity index (χ1) is 9.02. The van der Waals surface area contributed by atoms with Crippen LogP contribution in [0.25, 0.3) is 0 Å². The molecule has 0 bridgehead atoms. The van der Waals surface area contributed by atoms with Crippen LogP contribution in [0.2, 0.25) is 0 Å². The highest BCUT2D eigenvalue weighted by molar-refractivity contribution is 5.76. The van der Waals surface area contributed by atoms with Gasteiger partial charge in [-0.25, -0.2) is 0 Å². The average molecular weight is 263 g/mol. The van der Waals surface area contributed by atoms with Crippen molar-refractivity contribution in [1.82, 2.24) is 10.3 Å². The zero-order chi connectivity index (χ0) is 14.3. The molecule has 19 heavy (non-hydrogen) atoms. The number of hydrogen-bond donors (Lipinski definition) is 2. The number of nitrogens with two attached hydrogens (primary N) is 1. The van der Waals surface area contributed by atoms with E-state index in [0.717, 1.165) is 12.0 Å². The third-order valence-corrected chi connectivity index (χ3v) is 3.17. The van der Waals surface area contributed by atoms with Crippen LogP contribution in [0.4, 0.5) is 0 Å². The van der Waals surface area contributed by atoms with Gasteiger partial charge >= 0.3 is 0 Å². The topological polar surface area (TPSA) is 68.0 Å². The van der Waals surface area contributed by atoms with Gasteiger partial charge in [0.05, 0.1) is 6.04 Å². The largest absolute Gasteiger partial charge is 0.350 e. The van der Waals surface area contributed by atoms with E-state index >= 15 is 0 Å². The monoisotopic (exact) mass is 263 g/mol. The van der Waals surface area contributed by atoms with Gasteiger partial charge in [-0.1, -0.05) is 19.9 Å². The second-order valence-electron chi connectivity index (χ2n) is 5.51. The number of nitrogens with one attached hydrogen (secondary N) is 1. The van der Waals surface area contributed by atoms with Gasteiger partial charge in [-0.3, -0.25) is 9.78 Å². The van der Waals surface area contributed by atoms with Gasteiger partial charge < -0.3 is 11.1 Å². The van der Waals surface area contributed by atoms with E-state index in [1.165, 1.54) is 0 Å². The Bertz CT molecular complexity index is 378. The fourth-order valence-corrected chi connectivity index (χ4v) is 2.21. The smallest absolute Gasteiger partial charge is 0.220 e. The molecule has 1 aromatic rings. The van der Waals surface area contributed by atoms with Crippen molar-refractivity contribution in [2.24, 2.45) is 17.6 Å². The molecule has 0 unspecified atom stereocenters. The molecule has 0 spiro atoms. The lowest BCUT2D eigenvalue weighted by Gasteiger charge is -2.19. The lowest BCUT2D eigenvalue weighted by Crippen LogP contribution is -2.30. The normalized spacial score (nSPS) is 14.2. The molecule has 4 nitrogen and oxygen atoms in total. The molecule has 0 aliphatic heterocycles. The van der Waals surface area contributed by atoms with Crippen LogP contribution in [0.3, 0.4) is 0 Å². The molecule has 0 radical (unpaired) electrons. The Morgan fingerprint density at radius 1 is 1.42 bits per heavy atom. The maximum atomic E-state index is 12.0. The summed E-state index contributed by atoms with van der Waals surface area (Å²) in [5, 5.41) is 3.00. The van der Waals surface area contributed by atoms with Gasteiger partial charge in [0.2, 0.25) is 5.91 Å². The fraction of sp³-hybridized carbons (Fsp3) is 0.600. The molecule has 106 valence electrons. The number of hydrogen-bond acceptors (Lipinski definition) is 3. The molecule has 0 saturated carbocycles. The summed E-state index contributed by atoms with van der Waals surface area (Å²) >= 11 is 0. The van der Waals surface area contributed by atoms with Gasteiger partial charge in [0, 0.05) is 18.8 Å². The molecule has 1 rings (SSSR count). The van der Waals surface area contributed by atoms with Crippen LogP contribution in [0.15, 0.2) is 24.5 Å². The van der Waals surface area contributed by atoms with Crippen molar-refractivity contribution in [3.63, 3.8) is 0 Å². The van der Waals surface area contributed by atoms with Crippen molar-refractivity contribution in [2.45, 2.75) is 39.7 Å². The maximum absolute atomic E-state index is 12.0. The summed E-state index contributed by atoms with van der Waals surface area (Å²) in [6, 6.07) is 3.82. The molecular weight excluding hydrogens is 238 g/mol. The first-order valence-electron chi connectivity index (χ1n) is 6.92.